The Morgan fingerprint density at radius 2 is 1.19 bits per heavy atom. The molecule has 5 heterocycles. The third-order valence-corrected chi connectivity index (χ3v) is 17.8. The first-order valence-electron chi connectivity index (χ1n) is 24.7. The normalized spacial score (nSPS) is 21.8. The number of aliphatic hydroxyl groups is 1. The second-order valence-electron chi connectivity index (χ2n) is 20.1. The third kappa shape index (κ3) is 7.54. The Morgan fingerprint density at radius 1 is 0.658 bits per heavy atom. The summed E-state index contributed by atoms with van der Waals surface area (Å²) in [7, 11) is -3.26. The Morgan fingerprint density at radius 3 is 1.79 bits per heavy atom. The van der Waals surface area contributed by atoms with Gasteiger partial charge in [0.25, 0.3) is 17.7 Å². The number of aliphatic hydroxyl groups excluding tert-OH is 1. The molecule has 1 spiro atoms. The molecule has 0 aromatic heterocycles. The van der Waals surface area contributed by atoms with Crippen LogP contribution in [0.15, 0.2) is 164 Å². The van der Waals surface area contributed by atoms with Gasteiger partial charge < -0.3 is 33.9 Å². The highest BCUT2D eigenvalue weighted by Gasteiger charge is 2.66. The van der Waals surface area contributed by atoms with Gasteiger partial charge in [-0.3, -0.25) is 29.0 Å². The molecule has 366 valence electrons. The minimum Gasteiger partial charge on any atom is -0.454 e. The lowest BCUT2D eigenvalue weighted by atomic mass is 9.82. The summed E-state index contributed by atoms with van der Waals surface area (Å²) in [6, 6.07) is 49.4. The zero-order valence-corrected chi connectivity index (χ0v) is 41.5. The molecule has 0 bridgehead atoms. The van der Waals surface area contributed by atoms with Crippen LogP contribution in [0, 0.1) is 5.92 Å². The fraction of sp³-hybridized carbons (Fsp3) is 0.220. The Kier molecular flexibility index (Phi) is 11.2. The van der Waals surface area contributed by atoms with Crippen molar-refractivity contribution in [1.82, 2.24) is 4.90 Å². The van der Waals surface area contributed by atoms with E-state index in [-0.39, 0.29) is 43.2 Å². The smallest absolute Gasteiger partial charge is 0.266 e. The molecule has 5 aliphatic rings. The molecular weight excluding hydrogens is 937 g/mol. The van der Waals surface area contributed by atoms with Crippen molar-refractivity contribution in [1.29, 1.82) is 0 Å². The van der Waals surface area contributed by atoms with Gasteiger partial charge in [-0.1, -0.05) is 91.9 Å². The van der Waals surface area contributed by atoms with Gasteiger partial charge in [-0.15, -0.1) is 0 Å². The molecule has 1 saturated heterocycles. The second kappa shape index (κ2) is 17.7. The first-order valence-corrected chi connectivity index (χ1v) is 27.7. The molecular formula is C59H52N4O9Si. The second-order valence-corrected chi connectivity index (χ2v) is 24.0. The number of carbonyl (C=O) groups excluding carboxylic acids is 4. The number of hydrogen-bond donors (Lipinski definition) is 2. The molecule has 7 aromatic carbocycles. The van der Waals surface area contributed by atoms with Crippen LogP contribution in [0.5, 0.6) is 23.0 Å². The molecule has 5 aliphatic heterocycles. The van der Waals surface area contributed by atoms with Crippen LogP contribution in [-0.2, 0) is 39.4 Å². The van der Waals surface area contributed by atoms with Crippen LogP contribution in [0.25, 0.3) is 0 Å². The molecule has 0 radical (unpaired) electrons. The van der Waals surface area contributed by atoms with Gasteiger partial charge in [-0.25, -0.2) is 0 Å². The van der Waals surface area contributed by atoms with E-state index in [0.29, 0.717) is 81.1 Å². The number of carbonyl (C=O) groups is 4. The van der Waals surface area contributed by atoms with Crippen molar-refractivity contribution >= 4 is 60.4 Å². The maximum atomic E-state index is 15.9. The lowest BCUT2D eigenvalue weighted by Gasteiger charge is -2.37. The maximum absolute atomic E-state index is 15.9. The summed E-state index contributed by atoms with van der Waals surface area (Å²) in [6.45, 7) is 5.76. The average molecular weight is 989 g/mol. The zero-order chi connectivity index (χ0) is 50.3. The van der Waals surface area contributed by atoms with Crippen molar-refractivity contribution in [2.24, 2.45) is 5.92 Å². The van der Waals surface area contributed by atoms with Gasteiger partial charge >= 0.3 is 0 Å². The van der Waals surface area contributed by atoms with E-state index in [1.807, 2.05) is 147 Å². The number of amides is 4. The maximum Gasteiger partial charge on any atom is 0.266 e. The lowest BCUT2D eigenvalue weighted by Crippen LogP contribution is -2.48. The number of nitrogens with zero attached hydrogens (tertiary/aromatic N) is 4. The molecule has 0 saturated carbocycles. The first-order chi connectivity index (χ1) is 35.3. The molecule has 13 nitrogen and oxygen atoms in total. The number of rotatable bonds is 8. The molecule has 0 unspecified atom stereocenters. The van der Waals surface area contributed by atoms with Crippen molar-refractivity contribution in [3.63, 3.8) is 0 Å². The van der Waals surface area contributed by atoms with Crippen molar-refractivity contribution < 1.29 is 43.3 Å². The topological polar surface area (TPSA) is 149 Å². The van der Waals surface area contributed by atoms with Crippen molar-refractivity contribution in [3.8, 4) is 23.0 Å². The minimum atomic E-state index is -3.26. The quantitative estimate of drug-likeness (QED) is 0.142. The number of anilines is 5. The Balaban J connectivity index is 0.946. The predicted octanol–water partition coefficient (Wildman–Crippen LogP) is 10.5. The SMILES string of the molecule is C[C@H]1[C@H]([Si](C)(C)O)[C@@H](CC(=O)N2Cc3ccccc3C[C@H]2CO)O[C@]12C(=O)N(Cc1ccc(N3C(=O)c4ccccc4Oc4ccccc43)cc1)c1ccc(N3C(=O)c4ccccc4Oc4ccccc43)cc12. The van der Waals surface area contributed by atoms with Crippen LogP contribution < -0.4 is 24.2 Å². The summed E-state index contributed by atoms with van der Waals surface area (Å²) in [5.41, 5.74) is 4.54. The van der Waals surface area contributed by atoms with E-state index in [1.165, 1.54) is 0 Å². The standard InChI is InChI=1S/C59H52N4O9Si/c1-36-55(73(2,3)69)53(32-54(65)60-34-39-15-5-4-14-38(39)30-42(60)35-64)72-59(36)45-31-41(63-48-19-9-13-23-52(48)71-50-21-11-7-17-44(50)57(63)67)28-29-46(45)61(58(59)68)33-37-24-26-40(27-25-37)62-47-18-8-12-22-51(47)70-49-20-10-6-16-43(49)56(62)66/h4-29,31,36,42,53,55,64,69H,30,32-35H2,1-3H3/t36-,42-,53+,55-,59+/m0/s1. The van der Waals surface area contributed by atoms with Gasteiger partial charge in [-0.2, -0.15) is 0 Å². The lowest BCUT2D eigenvalue weighted by molar-refractivity contribution is -0.151. The van der Waals surface area contributed by atoms with Gasteiger partial charge in [-0.05, 0) is 115 Å². The number of fused-ring (bicyclic) bond motifs is 7. The molecule has 1 fully saturated rings. The Labute approximate surface area is 423 Å². The largest absolute Gasteiger partial charge is 0.454 e. The minimum absolute atomic E-state index is 0.103. The van der Waals surface area contributed by atoms with Crippen LogP contribution in [0.2, 0.25) is 18.6 Å². The number of ether oxygens (including phenoxy) is 3. The van der Waals surface area contributed by atoms with Gasteiger partial charge in [0.05, 0.1) is 59.9 Å². The molecule has 7 aromatic rings. The molecule has 73 heavy (non-hydrogen) atoms. The summed E-state index contributed by atoms with van der Waals surface area (Å²) in [5.74, 6) is 0.0408. The Hall–Kier alpha value is -7.88. The van der Waals surface area contributed by atoms with E-state index >= 15 is 4.79 Å². The fourth-order valence-corrected chi connectivity index (χ4v) is 14.5. The van der Waals surface area contributed by atoms with Crippen molar-refractivity contribution in [2.75, 3.05) is 21.3 Å². The monoisotopic (exact) mass is 988 g/mol. The molecule has 5 atom stereocenters. The number of para-hydroxylation sites is 6. The van der Waals surface area contributed by atoms with Gasteiger partial charge in [0.15, 0.2) is 25.4 Å². The number of hydrogen-bond acceptors (Lipinski definition) is 9. The molecule has 14 heteroatoms. The summed E-state index contributed by atoms with van der Waals surface area (Å²) >= 11 is 0. The van der Waals surface area contributed by atoms with Crippen LogP contribution in [0.3, 0.4) is 0 Å². The van der Waals surface area contributed by atoms with E-state index in [9.17, 15) is 24.3 Å². The van der Waals surface area contributed by atoms with Crippen molar-refractivity contribution in [3.05, 3.63) is 197 Å². The predicted molar refractivity (Wildman–Crippen MR) is 278 cm³/mol. The summed E-state index contributed by atoms with van der Waals surface area (Å²) in [6.07, 6.45) is -0.513. The molecule has 0 aliphatic carbocycles. The van der Waals surface area contributed by atoms with Crippen LogP contribution in [-0.4, -0.2) is 65.5 Å². The highest BCUT2D eigenvalue weighted by molar-refractivity contribution is 6.71. The highest BCUT2D eigenvalue weighted by atomic mass is 28.4. The molecule has 2 N–H and O–H groups in total. The fourth-order valence-electron chi connectivity index (χ4n) is 12.0. The van der Waals surface area contributed by atoms with Crippen molar-refractivity contribution in [2.45, 2.75) is 69.2 Å². The number of benzene rings is 7. The summed E-state index contributed by atoms with van der Waals surface area (Å²) < 4.78 is 19.9. The first kappa shape index (κ1) is 46.2. The van der Waals surface area contributed by atoms with E-state index in [2.05, 4.69) is 0 Å². The molecule has 4 amide bonds. The van der Waals surface area contributed by atoms with Crippen LogP contribution >= 0.6 is 0 Å². The van der Waals surface area contributed by atoms with E-state index in [0.717, 1.165) is 16.7 Å². The Bertz CT molecular complexity index is 3390. The zero-order valence-electron chi connectivity index (χ0n) is 40.5. The van der Waals surface area contributed by atoms with E-state index in [4.69, 9.17) is 14.2 Å². The van der Waals surface area contributed by atoms with E-state index in [1.54, 1.807) is 56.0 Å². The summed E-state index contributed by atoms with van der Waals surface area (Å²) in [4.78, 5) is 78.6. The van der Waals surface area contributed by atoms with E-state index < -0.39 is 37.5 Å². The van der Waals surface area contributed by atoms with Gasteiger partial charge in [0.1, 0.15) is 11.5 Å². The molecule has 12 rings (SSSR count). The third-order valence-electron chi connectivity index (χ3n) is 15.3. The van der Waals surface area contributed by atoms with Crippen LogP contribution in [0.1, 0.15) is 56.3 Å². The van der Waals surface area contributed by atoms with Gasteiger partial charge in [0, 0.05) is 34.9 Å². The summed E-state index contributed by atoms with van der Waals surface area (Å²) in [5, 5.41) is 10.6. The highest BCUT2D eigenvalue weighted by Crippen LogP contribution is 2.61. The van der Waals surface area contributed by atoms with Crippen LogP contribution in [0.4, 0.5) is 28.4 Å². The average Bonchev–Trinajstić information content (AvgIpc) is 3.72. The van der Waals surface area contributed by atoms with Gasteiger partial charge in [0.2, 0.25) is 5.91 Å².